The summed E-state index contributed by atoms with van der Waals surface area (Å²) in [4.78, 5) is 15.8. The van der Waals surface area contributed by atoms with Crippen molar-refractivity contribution >= 4 is 52.2 Å². The van der Waals surface area contributed by atoms with Gasteiger partial charge in [-0.25, -0.2) is 9.97 Å². The summed E-state index contributed by atoms with van der Waals surface area (Å²) in [5, 5.41) is 8.20. The van der Waals surface area contributed by atoms with Gasteiger partial charge in [0.1, 0.15) is 17.0 Å². The number of thiophene rings is 1. The number of hydrogen-bond acceptors (Lipinski definition) is 6. The van der Waals surface area contributed by atoms with Gasteiger partial charge in [0, 0.05) is 29.9 Å². The van der Waals surface area contributed by atoms with Crippen molar-refractivity contribution in [3.05, 3.63) is 46.9 Å². The van der Waals surface area contributed by atoms with Gasteiger partial charge in [-0.2, -0.15) is 0 Å². The fraction of sp³-hybridized carbons (Fsp3) is 0.389. The van der Waals surface area contributed by atoms with Crippen LogP contribution in [-0.4, -0.2) is 28.0 Å². The van der Waals surface area contributed by atoms with Crippen molar-refractivity contribution in [1.82, 2.24) is 20.3 Å². The number of halogens is 2. The second-order valence-corrected chi connectivity index (χ2v) is 7.12. The third-order valence-electron chi connectivity index (χ3n) is 4.39. The molecule has 0 unspecified atom stereocenters. The molecule has 140 valence electrons. The van der Waals surface area contributed by atoms with Crippen LogP contribution in [0.2, 0.25) is 0 Å². The molecule has 3 aromatic heterocycles. The Morgan fingerprint density at radius 1 is 1.12 bits per heavy atom. The lowest BCUT2D eigenvalue weighted by molar-refractivity contribution is 0.657. The van der Waals surface area contributed by atoms with Crippen molar-refractivity contribution in [3.63, 3.8) is 0 Å². The first kappa shape index (κ1) is 20.8. The number of aryl methyl sites for hydroxylation is 1. The Hall–Kier alpha value is -1.47. The van der Waals surface area contributed by atoms with Crippen LogP contribution in [0.5, 0.6) is 0 Å². The molecular weight excluding hydrogens is 389 g/mol. The Morgan fingerprint density at radius 2 is 2.04 bits per heavy atom. The van der Waals surface area contributed by atoms with Gasteiger partial charge < -0.3 is 10.6 Å². The number of rotatable bonds is 6. The molecule has 3 aromatic rings. The zero-order valence-electron chi connectivity index (χ0n) is 14.4. The fourth-order valence-corrected chi connectivity index (χ4v) is 4.33. The number of aromatic nitrogens is 3. The molecular formula is C18H23Cl2N5S. The minimum Gasteiger partial charge on any atom is -0.369 e. The summed E-state index contributed by atoms with van der Waals surface area (Å²) >= 11 is 1.79. The van der Waals surface area contributed by atoms with Crippen LogP contribution in [0.1, 0.15) is 29.0 Å². The zero-order valence-corrected chi connectivity index (χ0v) is 16.9. The number of hydrogen-bond donors (Lipinski definition) is 2. The number of unbranched alkanes of at least 4 members (excludes halogenated alkanes) is 1. The van der Waals surface area contributed by atoms with Crippen LogP contribution in [0.4, 0.5) is 5.82 Å². The molecule has 0 bridgehead atoms. The van der Waals surface area contributed by atoms with Gasteiger partial charge in [-0.05, 0) is 49.9 Å². The standard InChI is InChI=1S/C18H21N5S.2ClH/c1-3-8-20-13(5-1)6-2-4-9-21-17-16-14-7-10-19-11-15(14)24-18(16)23-12-22-17;;/h1,3,5,8,12,19H,2,4,6-7,9-11H2,(H,21,22,23);2*1H. The predicted octanol–water partition coefficient (Wildman–Crippen LogP) is 4.01. The van der Waals surface area contributed by atoms with E-state index in [2.05, 4.69) is 31.7 Å². The topological polar surface area (TPSA) is 62.7 Å². The molecule has 0 saturated heterocycles. The highest BCUT2D eigenvalue weighted by molar-refractivity contribution is 7.18. The maximum absolute atomic E-state index is 4.49. The first-order valence-electron chi connectivity index (χ1n) is 8.51. The van der Waals surface area contributed by atoms with E-state index < -0.39 is 0 Å². The molecule has 0 saturated carbocycles. The van der Waals surface area contributed by atoms with Crippen LogP contribution in [-0.2, 0) is 19.4 Å². The Bertz CT molecular complexity index is 825. The monoisotopic (exact) mass is 411 g/mol. The van der Waals surface area contributed by atoms with E-state index in [1.165, 1.54) is 21.5 Å². The lowest BCUT2D eigenvalue weighted by Crippen LogP contribution is -2.22. The van der Waals surface area contributed by atoms with E-state index in [-0.39, 0.29) is 24.8 Å². The molecule has 8 heteroatoms. The molecule has 0 amide bonds. The summed E-state index contributed by atoms with van der Waals surface area (Å²) in [7, 11) is 0. The summed E-state index contributed by atoms with van der Waals surface area (Å²) in [5.41, 5.74) is 2.60. The molecule has 0 aromatic carbocycles. The van der Waals surface area contributed by atoms with Gasteiger partial charge in [-0.1, -0.05) is 6.07 Å². The van der Waals surface area contributed by atoms with E-state index in [0.717, 1.165) is 56.0 Å². The first-order chi connectivity index (χ1) is 11.9. The molecule has 0 radical (unpaired) electrons. The molecule has 26 heavy (non-hydrogen) atoms. The Labute approximate surface area is 169 Å². The summed E-state index contributed by atoms with van der Waals surface area (Å²) in [6.45, 7) is 2.93. The second-order valence-electron chi connectivity index (χ2n) is 6.04. The number of pyridine rings is 1. The van der Waals surface area contributed by atoms with Crippen LogP contribution >= 0.6 is 36.2 Å². The number of fused-ring (bicyclic) bond motifs is 3. The lowest BCUT2D eigenvalue weighted by Gasteiger charge is -2.13. The minimum absolute atomic E-state index is 0. The summed E-state index contributed by atoms with van der Waals surface area (Å²) in [6, 6.07) is 6.10. The SMILES string of the molecule is Cl.Cl.c1ccc(CCCCNc2ncnc3sc4c(c23)CCNC4)nc1. The van der Waals surface area contributed by atoms with E-state index in [0.29, 0.717) is 0 Å². The van der Waals surface area contributed by atoms with E-state index in [1.54, 1.807) is 17.7 Å². The second kappa shape index (κ2) is 10.0. The van der Waals surface area contributed by atoms with Gasteiger partial charge in [0.15, 0.2) is 0 Å². The quantitative estimate of drug-likeness (QED) is 0.599. The molecule has 0 atom stereocenters. The minimum atomic E-state index is 0. The van der Waals surface area contributed by atoms with Crippen LogP contribution in [0.3, 0.4) is 0 Å². The molecule has 4 heterocycles. The van der Waals surface area contributed by atoms with Gasteiger partial charge in [-0.15, -0.1) is 36.2 Å². The molecule has 2 N–H and O–H groups in total. The average molecular weight is 412 g/mol. The van der Waals surface area contributed by atoms with Crippen LogP contribution < -0.4 is 10.6 Å². The maximum Gasteiger partial charge on any atom is 0.138 e. The lowest BCUT2D eigenvalue weighted by atomic mass is 10.1. The van der Waals surface area contributed by atoms with Crippen molar-refractivity contribution in [3.8, 4) is 0 Å². The molecule has 0 fully saturated rings. The number of nitrogens with one attached hydrogen (secondary N) is 2. The van der Waals surface area contributed by atoms with Crippen molar-refractivity contribution < 1.29 is 0 Å². The molecule has 1 aliphatic heterocycles. The van der Waals surface area contributed by atoms with Crippen LogP contribution in [0.15, 0.2) is 30.7 Å². The van der Waals surface area contributed by atoms with Gasteiger partial charge in [0.05, 0.1) is 5.39 Å². The average Bonchev–Trinajstić information content (AvgIpc) is 3.02. The Kier molecular flexibility index (Phi) is 8.03. The molecule has 1 aliphatic rings. The highest BCUT2D eigenvalue weighted by atomic mass is 35.5. The number of nitrogens with zero attached hydrogens (tertiary/aromatic N) is 3. The summed E-state index contributed by atoms with van der Waals surface area (Å²) in [5.74, 6) is 0.997. The highest BCUT2D eigenvalue weighted by Gasteiger charge is 2.19. The largest absolute Gasteiger partial charge is 0.369 e. The fourth-order valence-electron chi connectivity index (χ4n) is 3.18. The smallest absolute Gasteiger partial charge is 0.138 e. The molecule has 0 spiro atoms. The van der Waals surface area contributed by atoms with Gasteiger partial charge >= 0.3 is 0 Å². The van der Waals surface area contributed by atoms with Crippen LogP contribution in [0, 0.1) is 0 Å². The summed E-state index contributed by atoms with van der Waals surface area (Å²) in [6.07, 6.45) is 7.87. The zero-order chi connectivity index (χ0) is 16.2. The van der Waals surface area contributed by atoms with E-state index in [4.69, 9.17) is 0 Å². The number of anilines is 1. The third-order valence-corrected chi connectivity index (χ3v) is 5.53. The first-order valence-corrected chi connectivity index (χ1v) is 9.33. The van der Waals surface area contributed by atoms with Crippen LogP contribution in [0.25, 0.3) is 10.2 Å². The van der Waals surface area contributed by atoms with Gasteiger partial charge in [0.2, 0.25) is 0 Å². The van der Waals surface area contributed by atoms with E-state index >= 15 is 0 Å². The third kappa shape index (κ3) is 4.62. The van der Waals surface area contributed by atoms with Gasteiger partial charge in [-0.3, -0.25) is 4.98 Å². The van der Waals surface area contributed by atoms with Crippen molar-refractivity contribution in [2.45, 2.75) is 32.2 Å². The molecule has 0 aliphatic carbocycles. The van der Waals surface area contributed by atoms with Crippen molar-refractivity contribution in [1.29, 1.82) is 0 Å². The maximum atomic E-state index is 4.49. The Balaban J connectivity index is 0.00000121. The van der Waals surface area contributed by atoms with E-state index in [1.807, 2.05) is 18.3 Å². The normalized spacial score (nSPS) is 12.8. The molecule has 4 rings (SSSR count). The van der Waals surface area contributed by atoms with Crippen molar-refractivity contribution in [2.75, 3.05) is 18.4 Å². The molecule has 5 nitrogen and oxygen atoms in total. The summed E-state index contributed by atoms with van der Waals surface area (Å²) < 4.78 is 0. The predicted molar refractivity (Wildman–Crippen MR) is 113 cm³/mol. The van der Waals surface area contributed by atoms with E-state index in [9.17, 15) is 0 Å². The Morgan fingerprint density at radius 3 is 2.88 bits per heavy atom. The van der Waals surface area contributed by atoms with Gasteiger partial charge in [0.25, 0.3) is 0 Å². The van der Waals surface area contributed by atoms with Crippen molar-refractivity contribution in [2.24, 2.45) is 0 Å². The highest BCUT2D eigenvalue weighted by Crippen LogP contribution is 2.35.